The van der Waals surface area contributed by atoms with E-state index >= 15 is 0 Å². The van der Waals surface area contributed by atoms with E-state index in [0.717, 1.165) is 44.2 Å². The summed E-state index contributed by atoms with van der Waals surface area (Å²) < 4.78 is 0. The number of carbonyl (C=O) groups excluding carboxylic acids is 2. The number of likely N-dealkylation sites (tertiary alicyclic amines) is 1. The number of hydrogen-bond acceptors (Lipinski definition) is 3. The van der Waals surface area contributed by atoms with Crippen molar-refractivity contribution < 1.29 is 9.59 Å². The first-order valence-electron chi connectivity index (χ1n) is 9.02. The highest BCUT2D eigenvalue weighted by atomic mass is 16.2. The Hall–Kier alpha value is -1.88. The lowest BCUT2D eigenvalue weighted by molar-refractivity contribution is -0.121. The highest BCUT2D eigenvalue weighted by Crippen LogP contribution is 2.20. The predicted molar refractivity (Wildman–Crippen MR) is 95.8 cm³/mol. The van der Waals surface area contributed by atoms with E-state index in [1.54, 1.807) is 0 Å². The van der Waals surface area contributed by atoms with Crippen LogP contribution in [0.2, 0.25) is 0 Å². The third kappa shape index (κ3) is 5.06. The minimum absolute atomic E-state index is 0.0422. The summed E-state index contributed by atoms with van der Waals surface area (Å²) in [7, 11) is 0. The molecule has 1 atom stereocenters. The van der Waals surface area contributed by atoms with Crippen LogP contribution in [-0.4, -0.2) is 42.4 Å². The molecule has 1 unspecified atom stereocenters. The summed E-state index contributed by atoms with van der Waals surface area (Å²) in [5.74, 6) is 0.0233. The molecule has 132 valence electrons. The first-order valence-corrected chi connectivity index (χ1v) is 9.02. The van der Waals surface area contributed by atoms with Gasteiger partial charge in [-0.15, -0.1) is 0 Å². The van der Waals surface area contributed by atoms with Crippen LogP contribution in [0.1, 0.15) is 54.9 Å². The molecule has 1 aliphatic rings. The molecule has 5 nitrogen and oxygen atoms in total. The molecule has 0 spiro atoms. The maximum Gasteiger partial charge on any atom is 0.254 e. The second-order valence-electron chi connectivity index (χ2n) is 6.44. The number of piperidine rings is 1. The lowest BCUT2D eigenvalue weighted by Gasteiger charge is -2.36. The van der Waals surface area contributed by atoms with Crippen LogP contribution in [0.15, 0.2) is 24.3 Å². The Kier molecular flexibility index (Phi) is 7.25. The molecule has 0 aliphatic carbocycles. The molecule has 3 N–H and O–H groups in total. The largest absolute Gasteiger partial charge is 0.354 e. The zero-order valence-electron chi connectivity index (χ0n) is 14.6. The van der Waals surface area contributed by atoms with E-state index in [1.807, 2.05) is 29.2 Å². The van der Waals surface area contributed by atoms with Gasteiger partial charge in [-0.1, -0.05) is 25.5 Å². The molecule has 1 fully saturated rings. The zero-order valence-corrected chi connectivity index (χ0v) is 14.6. The van der Waals surface area contributed by atoms with Gasteiger partial charge in [0.05, 0.1) is 0 Å². The molecular formula is C19H29N3O2. The van der Waals surface area contributed by atoms with Gasteiger partial charge in [-0.2, -0.15) is 0 Å². The van der Waals surface area contributed by atoms with Gasteiger partial charge in [-0.25, -0.2) is 0 Å². The Morgan fingerprint density at radius 2 is 2.00 bits per heavy atom. The number of benzene rings is 1. The van der Waals surface area contributed by atoms with Crippen molar-refractivity contribution in [1.82, 2.24) is 10.2 Å². The van der Waals surface area contributed by atoms with Gasteiger partial charge in [-0.3, -0.25) is 9.59 Å². The lowest BCUT2D eigenvalue weighted by Crippen LogP contribution is -2.49. The second-order valence-corrected chi connectivity index (χ2v) is 6.44. The van der Waals surface area contributed by atoms with Gasteiger partial charge in [0.2, 0.25) is 5.91 Å². The number of carbonyl (C=O) groups is 2. The predicted octanol–water partition coefficient (Wildman–Crippen LogP) is 2.10. The van der Waals surface area contributed by atoms with Crippen LogP contribution in [0, 0.1) is 0 Å². The summed E-state index contributed by atoms with van der Waals surface area (Å²) in [5.41, 5.74) is 7.39. The van der Waals surface area contributed by atoms with E-state index in [2.05, 4.69) is 12.2 Å². The molecule has 1 aromatic carbocycles. The Morgan fingerprint density at radius 3 is 2.67 bits per heavy atom. The molecule has 0 bridgehead atoms. The number of aryl methyl sites for hydroxylation is 1. The van der Waals surface area contributed by atoms with Crippen molar-refractivity contribution >= 4 is 11.8 Å². The summed E-state index contributed by atoms with van der Waals surface area (Å²) in [4.78, 5) is 26.4. The molecule has 5 heteroatoms. The van der Waals surface area contributed by atoms with Crippen molar-refractivity contribution in [2.24, 2.45) is 5.73 Å². The molecule has 0 aromatic heterocycles. The smallest absolute Gasteiger partial charge is 0.254 e. The van der Waals surface area contributed by atoms with Crippen LogP contribution in [0.5, 0.6) is 0 Å². The number of rotatable bonds is 7. The highest BCUT2D eigenvalue weighted by Gasteiger charge is 2.27. The Morgan fingerprint density at radius 1 is 1.25 bits per heavy atom. The Bertz CT molecular complexity index is 542. The fourth-order valence-electron chi connectivity index (χ4n) is 3.20. The molecule has 1 aliphatic heterocycles. The monoisotopic (exact) mass is 331 g/mol. The first-order chi connectivity index (χ1) is 11.7. The topological polar surface area (TPSA) is 75.4 Å². The van der Waals surface area contributed by atoms with Gasteiger partial charge in [0.25, 0.3) is 5.91 Å². The highest BCUT2D eigenvalue weighted by molar-refractivity contribution is 5.94. The van der Waals surface area contributed by atoms with E-state index < -0.39 is 0 Å². The summed E-state index contributed by atoms with van der Waals surface area (Å²) in [5, 5.41) is 2.90. The minimum Gasteiger partial charge on any atom is -0.354 e. The SMILES string of the molecule is CCCc1ccc(C(=O)N2CCCCC2CNC(=O)CCN)cc1. The molecular weight excluding hydrogens is 302 g/mol. The van der Waals surface area contributed by atoms with Crippen molar-refractivity contribution in [2.75, 3.05) is 19.6 Å². The minimum atomic E-state index is -0.0422. The third-order valence-corrected chi connectivity index (χ3v) is 4.53. The summed E-state index contributed by atoms with van der Waals surface area (Å²) in [6.45, 7) is 3.77. The molecule has 0 radical (unpaired) electrons. The molecule has 1 aromatic rings. The molecule has 2 amide bonds. The maximum atomic E-state index is 12.8. The average molecular weight is 331 g/mol. The molecule has 0 saturated carbocycles. The molecule has 2 rings (SSSR count). The fourth-order valence-corrected chi connectivity index (χ4v) is 3.20. The van der Waals surface area contributed by atoms with Crippen LogP contribution in [0.25, 0.3) is 0 Å². The van der Waals surface area contributed by atoms with Gasteiger partial charge in [0, 0.05) is 37.7 Å². The molecule has 1 heterocycles. The van der Waals surface area contributed by atoms with Gasteiger partial charge >= 0.3 is 0 Å². The number of hydrogen-bond donors (Lipinski definition) is 2. The van der Waals surface area contributed by atoms with E-state index in [-0.39, 0.29) is 17.9 Å². The second kappa shape index (κ2) is 9.42. The third-order valence-electron chi connectivity index (χ3n) is 4.53. The van der Waals surface area contributed by atoms with Gasteiger partial charge in [0.1, 0.15) is 0 Å². The van der Waals surface area contributed by atoms with Crippen molar-refractivity contribution in [3.63, 3.8) is 0 Å². The first kappa shape index (κ1) is 18.5. The normalized spacial score (nSPS) is 17.6. The van der Waals surface area contributed by atoms with Crippen molar-refractivity contribution in [3.8, 4) is 0 Å². The van der Waals surface area contributed by atoms with Crippen LogP contribution in [0.4, 0.5) is 0 Å². The number of amides is 2. The van der Waals surface area contributed by atoms with E-state index in [1.165, 1.54) is 5.56 Å². The molecule has 1 saturated heterocycles. The van der Waals surface area contributed by atoms with Gasteiger partial charge in [0.15, 0.2) is 0 Å². The van der Waals surface area contributed by atoms with Gasteiger partial charge in [-0.05, 0) is 43.4 Å². The summed E-state index contributed by atoms with van der Waals surface area (Å²) >= 11 is 0. The van der Waals surface area contributed by atoms with Crippen LogP contribution >= 0.6 is 0 Å². The van der Waals surface area contributed by atoms with E-state index in [9.17, 15) is 9.59 Å². The number of nitrogens with two attached hydrogens (primary N) is 1. The van der Waals surface area contributed by atoms with Crippen molar-refractivity contribution in [2.45, 2.75) is 51.5 Å². The Balaban J connectivity index is 2.00. The quantitative estimate of drug-likeness (QED) is 0.803. The fraction of sp³-hybridized carbons (Fsp3) is 0.579. The zero-order chi connectivity index (χ0) is 17.4. The van der Waals surface area contributed by atoms with Gasteiger partial charge < -0.3 is 16.0 Å². The standard InChI is InChI=1S/C19H29N3O2/c1-2-5-15-7-9-16(10-8-15)19(24)22-13-4-3-6-17(22)14-21-18(23)11-12-20/h7-10,17H,2-6,11-14,20H2,1H3,(H,21,23). The van der Waals surface area contributed by atoms with Crippen LogP contribution in [0.3, 0.4) is 0 Å². The number of nitrogens with one attached hydrogen (secondary N) is 1. The summed E-state index contributed by atoms with van der Waals surface area (Å²) in [6.07, 6.45) is 5.52. The van der Waals surface area contributed by atoms with Crippen molar-refractivity contribution in [1.29, 1.82) is 0 Å². The lowest BCUT2D eigenvalue weighted by atomic mass is 10.00. The van der Waals surface area contributed by atoms with E-state index in [0.29, 0.717) is 19.5 Å². The summed E-state index contributed by atoms with van der Waals surface area (Å²) in [6, 6.07) is 8.00. The van der Waals surface area contributed by atoms with Crippen molar-refractivity contribution in [3.05, 3.63) is 35.4 Å². The van der Waals surface area contributed by atoms with Crippen LogP contribution < -0.4 is 11.1 Å². The average Bonchev–Trinajstić information content (AvgIpc) is 2.61. The Labute approximate surface area is 144 Å². The maximum absolute atomic E-state index is 12.8. The number of nitrogens with zero attached hydrogens (tertiary/aromatic N) is 1. The van der Waals surface area contributed by atoms with E-state index in [4.69, 9.17) is 5.73 Å². The van der Waals surface area contributed by atoms with Crippen LogP contribution in [-0.2, 0) is 11.2 Å². The molecule has 24 heavy (non-hydrogen) atoms.